The van der Waals surface area contributed by atoms with Gasteiger partial charge in [-0.1, -0.05) is 24.3 Å². The van der Waals surface area contributed by atoms with Gasteiger partial charge in [0.1, 0.15) is 5.01 Å². The first kappa shape index (κ1) is 11.6. The minimum atomic E-state index is -0.0469. The molecule has 4 rings (SSSR count). The Kier molecular flexibility index (Phi) is 2.71. The summed E-state index contributed by atoms with van der Waals surface area (Å²) in [6.07, 6.45) is 6.28. The molecule has 2 aliphatic rings. The maximum atomic E-state index is 6.41. The number of thiazole rings is 1. The number of benzene rings is 1. The Bertz CT molecular complexity index is 591. The summed E-state index contributed by atoms with van der Waals surface area (Å²) >= 11 is 1.82. The van der Waals surface area contributed by atoms with Gasteiger partial charge >= 0.3 is 0 Å². The summed E-state index contributed by atoms with van der Waals surface area (Å²) in [5.74, 6) is 0.786. The molecule has 2 aliphatic carbocycles. The number of aryl methyl sites for hydroxylation is 2. The van der Waals surface area contributed by atoms with Gasteiger partial charge in [0.05, 0.1) is 11.7 Å². The maximum Gasteiger partial charge on any atom is 0.114 e. The van der Waals surface area contributed by atoms with Crippen molar-refractivity contribution < 1.29 is 0 Å². The average Bonchev–Trinajstić information content (AvgIpc) is 3.06. The molecule has 0 radical (unpaired) electrons. The van der Waals surface area contributed by atoms with Crippen LogP contribution in [-0.4, -0.2) is 4.98 Å². The molecule has 0 amide bonds. The zero-order valence-electron chi connectivity index (χ0n) is 10.9. The van der Waals surface area contributed by atoms with Gasteiger partial charge in [-0.15, -0.1) is 11.3 Å². The van der Waals surface area contributed by atoms with Crippen molar-refractivity contribution in [2.24, 2.45) is 5.73 Å². The van der Waals surface area contributed by atoms with Crippen molar-refractivity contribution in [3.8, 4) is 0 Å². The van der Waals surface area contributed by atoms with Crippen LogP contribution in [0.25, 0.3) is 0 Å². The van der Waals surface area contributed by atoms with Crippen LogP contribution < -0.4 is 5.73 Å². The van der Waals surface area contributed by atoms with Crippen molar-refractivity contribution in [3.63, 3.8) is 0 Å². The number of nitrogens with two attached hydrogens (primary N) is 1. The van der Waals surface area contributed by atoms with E-state index < -0.39 is 0 Å². The molecule has 0 bridgehead atoms. The smallest absolute Gasteiger partial charge is 0.114 e. The molecule has 0 saturated heterocycles. The van der Waals surface area contributed by atoms with Gasteiger partial charge in [-0.2, -0.15) is 0 Å². The molecule has 1 atom stereocenters. The number of fused-ring (bicyclic) bond motifs is 1. The molecule has 0 aliphatic heterocycles. The fourth-order valence-electron chi connectivity index (χ4n) is 2.91. The van der Waals surface area contributed by atoms with Crippen LogP contribution in [0.5, 0.6) is 0 Å². The van der Waals surface area contributed by atoms with Crippen molar-refractivity contribution >= 4 is 11.3 Å². The van der Waals surface area contributed by atoms with Crippen LogP contribution in [0.15, 0.2) is 24.3 Å². The van der Waals surface area contributed by atoms with E-state index in [2.05, 4.69) is 24.3 Å². The van der Waals surface area contributed by atoms with E-state index in [1.807, 2.05) is 11.3 Å². The third-order valence-electron chi connectivity index (χ3n) is 4.20. The van der Waals surface area contributed by atoms with E-state index in [0.29, 0.717) is 0 Å². The van der Waals surface area contributed by atoms with Crippen LogP contribution in [0.3, 0.4) is 0 Å². The SMILES string of the molecule is NC(c1cccc(C2CC2)c1)c1nc2c(s1)CCC2. The molecule has 1 fully saturated rings. The van der Waals surface area contributed by atoms with Crippen LogP contribution in [0.1, 0.15) is 57.9 Å². The highest BCUT2D eigenvalue weighted by Crippen LogP contribution is 2.41. The van der Waals surface area contributed by atoms with Crippen molar-refractivity contribution in [1.29, 1.82) is 0 Å². The second-order valence-electron chi connectivity index (χ2n) is 5.70. The van der Waals surface area contributed by atoms with Crippen molar-refractivity contribution in [2.45, 2.75) is 44.1 Å². The van der Waals surface area contributed by atoms with E-state index in [9.17, 15) is 0 Å². The zero-order chi connectivity index (χ0) is 12.8. The van der Waals surface area contributed by atoms with Gasteiger partial charge in [0, 0.05) is 4.88 Å². The summed E-state index contributed by atoms with van der Waals surface area (Å²) in [6.45, 7) is 0. The quantitative estimate of drug-likeness (QED) is 0.926. The average molecular weight is 270 g/mol. The molecule has 1 unspecified atom stereocenters. The summed E-state index contributed by atoms with van der Waals surface area (Å²) in [7, 11) is 0. The standard InChI is InChI=1S/C16H18N2S/c17-15(16-18-13-5-2-6-14(13)19-16)12-4-1-3-11(9-12)10-7-8-10/h1,3-4,9-10,15H,2,5-8,17H2. The van der Waals surface area contributed by atoms with Crippen LogP contribution in [-0.2, 0) is 12.8 Å². The molecule has 1 aromatic carbocycles. The summed E-state index contributed by atoms with van der Waals surface area (Å²) in [5.41, 5.74) is 10.4. The highest BCUT2D eigenvalue weighted by molar-refractivity contribution is 7.11. The lowest BCUT2D eigenvalue weighted by molar-refractivity contribution is 0.831. The molecule has 3 heteroatoms. The predicted octanol–water partition coefficient (Wildman–Crippen LogP) is 3.56. The molecule has 2 N–H and O–H groups in total. The normalized spacial score (nSPS) is 19.4. The van der Waals surface area contributed by atoms with E-state index in [-0.39, 0.29) is 6.04 Å². The van der Waals surface area contributed by atoms with E-state index in [1.165, 1.54) is 47.4 Å². The summed E-state index contributed by atoms with van der Waals surface area (Å²) in [6, 6.07) is 8.76. The van der Waals surface area contributed by atoms with Crippen LogP contribution in [0.4, 0.5) is 0 Å². The van der Waals surface area contributed by atoms with Gasteiger partial charge in [0.15, 0.2) is 0 Å². The Morgan fingerprint density at radius 1 is 1.26 bits per heavy atom. The molecule has 2 aromatic rings. The van der Waals surface area contributed by atoms with Gasteiger partial charge in [-0.05, 0) is 49.1 Å². The first-order chi connectivity index (χ1) is 9.31. The van der Waals surface area contributed by atoms with Crippen molar-refractivity contribution in [3.05, 3.63) is 51.0 Å². The number of hydrogen-bond donors (Lipinski definition) is 1. The van der Waals surface area contributed by atoms with Gasteiger partial charge < -0.3 is 5.73 Å². The van der Waals surface area contributed by atoms with Gasteiger partial charge in [-0.3, -0.25) is 0 Å². The minimum Gasteiger partial charge on any atom is -0.318 e. The Hall–Kier alpha value is -1.19. The molecular formula is C16H18N2S. The lowest BCUT2D eigenvalue weighted by Crippen LogP contribution is -2.12. The Morgan fingerprint density at radius 2 is 2.16 bits per heavy atom. The van der Waals surface area contributed by atoms with E-state index in [1.54, 1.807) is 0 Å². The van der Waals surface area contributed by atoms with Gasteiger partial charge in [-0.25, -0.2) is 4.98 Å². The third kappa shape index (κ3) is 2.11. The number of nitrogens with zero attached hydrogens (tertiary/aromatic N) is 1. The second kappa shape index (κ2) is 4.43. The Labute approximate surface area is 117 Å². The number of aromatic nitrogens is 1. The number of hydrogen-bond acceptors (Lipinski definition) is 3. The fourth-order valence-corrected chi connectivity index (χ4v) is 4.09. The Balaban J connectivity index is 1.64. The topological polar surface area (TPSA) is 38.9 Å². The molecule has 0 spiro atoms. The first-order valence-corrected chi connectivity index (χ1v) is 7.97. The Morgan fingerprint density at radius 3 is 2.95 bits per heavy atom. The number of rotatable bonds is 3. The van der Waals surface area contributed by atoms with Gasteiger partial charge in [0.2, 0.25) is 0 Å². The zero-order valence-corrected chi connectivity index (χ0v) is 11.7. The predicted molar refractivity (Wildman–Crippen MR) is 78.6 cm³/mol. The highest BCUT2D eigenvalue weighted by Gasteiger charge is 2.25. The van der Waals surface area contributed by atoms with Crippen molar-refractivity contribution in [1.82, 2.24) is 4.98 Å². The van der Waals surface area contributed by atoms with Crippen LogP contribution >= 0.6 is 11.3 Å². The fraction of sp³-hybridized carbons (Fsp3) is 0.438. The second-order valence-corrected chi connectivity index (χ2v) is 6.81. The minimum absolute atomic E-state index is 0.0469. The first-order valence-electron chi connectivity index (χ1n) is 7.15. The summed E-state index contributed by atoms with van der Waals surface area (Å²) in [5, 5.41) is 1.10. The summed E-state index contributed by atoms with van der Waals surface area (Å²) in [4.78, 5) is 6.21. The molecule has 19 heavy (non-hydrogen) atoms. The molecule has 1 saturated carbocycles. The molecule has 2 nitrogen and oxygen atoms in total. The lowest BCUT2D eigenvalue weighted by atomic mass is 10.0. The molecule has 1 heterocycles. The molecule has 98 valence electrons. The van der Waals surface area contributed by atoms with Crippen molar-refractivity contribution in [2.75, 3.05) is 0 Å². The third-order valence-corrected chi connectivity index (χ3v) is 5.44. The van der Waals surface area contributed by atoms with Crippen LogP contribution in [0.2, 0.25) is 0 Å². The molecule has 1 aromatic heterocycles. The monoisotopic (exact) mass is 270 g/mol. The van der Waals surface area contributed by atoms with Crippen LogP contribution in [0, 0.1) is 0 Å². The van der Waals surface area contributed by atoms with Gasteiger partial charge in [0.25, 0.3) is 0 Å². The van der Waals surface area contributed by atoms with E-state index in [0.717, 1.165) is 17.3 Å². The largest absolute Gasteiger partial charge is 0.318 e. The van der Waals surface area contributed by atoms with E-state index >= 15 is 0 Å². The lowest BCUT2D eigenvalue weighted by Gasteiger charge is -2.10. The molecular weight excluding hydrogens is 252 g/mol. The van der Waals surface area contributed by atoms with E-state index in [4.69, 9.17) is 10.7 Å². The maximum absolute atomic E-state index is 6.41. The summed E-state index contributed by atoms with van der Waals surface area (Å²) < 4.78 is 0. The highest BCUT2D eigenvalue weighted by atomic mass is 32.1.